The van der Waals surface area contributed by atoms with Crippen LogP contribution in [-0.2, 0) is 25.7 Å². The Labute approximate surface area is 196 Å². The number of carboxylic acid groups (broad SMARTS) is 1. The van der Waals surface area contributed by atoms with E-state index in [1.807, 2.05) is 5.32 Å². The molecule has 0 bridgehead atoms. The molecule has 0 aliphatic carbocycles. The van der Waals surface area contributed by atoms with Crippen LogP contribution in [0.3, 0.4) is 0 Å². The number of primary amides is 1. The van der Waals surface area contributed by atoms with E-state index in [9.17, 15) is 31.9 Å². The van der Waals surface area contributed by atoms with Crippen molar-refractivity contribution >= 4 is 18.0 Å². The zero-order valence-corrected chi connectivity index (χ0v) is 18.0. The van der Waals surface area contributed by atoms with Gasteiger partial charge in [0.15, 0.2) is 12.1 Å². The Morgan fingerprint density at radius 2 is 1.51 bits per heavy atom. The van der Waals surface area contributed by atoms with E-state index < -0.39 is 61.2 Å². The van der Waals surface area contributed by atoms with Crippen LogP contribution in [0.15, 0.2) is 48.5 Å². The second-order valence-corrected chi connectivity index (χ2v) is 7.33. The molecule has 0 aliphatic rings. The van der Waals surface area contributed by atoms with Crippen LogP contribution in [0.1, 0.15) is 22.6 Å². The van der Waals surface area contributed by atoms with Gasteiger partial charge in [-0.3, -0.25) is 4.79 Å². The minimum atomic E-state index is -4.93. The summed E-state index contributed by atoms with van der Waals surface area (Å²) in [7, 11) is 0. The number of ether oxygens (including phenoxy) is 2. The van der Waals surface area contributed by atoms with Crippen molar-refractivity contribution in [1.29, 1.82) is 0 Å². The standard InChI is InChI=1S/C22H22F4N2O7/c23-15-7-5-14(6-8-15)18(19(27)30)13-3-1-12(2-4-13)9-35-21(33)28-16(20(31)32)10-34-11-17(29)22(24,25)26/h1-8,16-18,29H,9-11H2,(H2,27,30)(H,28,33)(H,31,32)/t16-,17?,18?/m0/s1. The Bertz CT molecular complexity index is 1010. The van der Waals surface area contributed by atoms with Crippen LogP contribution < -0.4 is 11.1 Å². The first-order chi connectivity index (χ1) is 16.4. The Hall–Kier alpha value is -3.71. The number of carbonyl (C=O) groups is 3. The lowest BCUT2D eigenvalue weighted by molar-refractivity contribution is -0.217. The predicted molar refractivity (Wildman–Crippen MR) is 112 cm³/mol. The van der Waals surface area contributed by atoms with Gasteiger partial charge < -0.3 is 30.7 Å². The number of benzene rings is 2. The van der Waals surface area contributed by atoms with Crippen LogP contribution in [0.5, 0.6) is 0 Å². The van der Waals surface area contributed by atoms with E-state index in [1.165, 1.54) is 36.4 Å². The van der Waals surface area contributed by atoms with Crippen LogP contribution in [0.2, 0.25) is 0 Å². The van der Waals surface area contributed by atoms with Gasteiger partial charge in [-0.1, -0.05) is 36.4 Å². The average Bonchev–Trinajstić information content (AvgIpc) is 2.78. The van der Waals surface area contributed by atoms with E-state index in [2.05, 4.69) is 4.74 Å². The van der Waals surface area contributed by atoms with Gasteiger partial charge in [0.05, 0.1) is 19.1 Å². The number of nitrogens with two attached hydrogens (primary N) is 1. The van der Waals surface area contributed by atoms with Gasteiger partial charge in [0.25, 0.3) is 0 Å². The lowest BCUT2D eigenvalue weighted by atomic mass is 9.90. The number of carbonyl (C=O) groups excluding carboxylic acids is 2. The first kappa shape index (κ1) is 27.5. The zero-order valence-electron chi connectivity index (χ0n) is 18.0. The summed E-state index contributed by atoms with van der Waals surface area (Å²) in [4.78, 5) is 35.0. The lowest BCUT2D eigenvalue weighted by Gasteiger charge is -2.18. The number of hydrogen-bond donors (Lipinski definition) is 4. The summed E-state index contributed by atoms with van der Waals surface area (Å²) in [6.07, 6.45) is -8.91. The molecule has 0 fully saturated rings. The molecule has 2 rings (SSSR count). The van der Waals surface area contributed by atoms with Crippen molar-refractivity contribution in [2.24, 2.45) is 5.73 Å². The molecule has 2 unspecified atom stereocenters. The van der Waals surface area contributed by atoms with Gasteiger partial charge in [0.2, 0.25) is 5.91 Å². The van der Waals surface area contributed by atoms with E-state index in [0.29, 0.717) is 16.7 Å². The van der Waals surface area contributed by atoms with Crippen LogP contribution in [-0.4, -0.2) is 59.7 Å². The second-order valence-electron chi connectivity index (χ2n) is 7.33. The quantitative estimate of drug-likeness (QED) is 0.344. The molecule has 9 nitrogen and oxygen atoms in total. The van der Waals surface area contributed by atoms with Crippen LogP contribution in [0.4, 0.5) is 22.4 Å². The van der Waals surface area contributed by atoms with Gasteiger partial charge in [-0.25, -0.2) is 14.0 Å². The molecular weight excluding hydrogens is 480 g/mol. The van der Waals surface area contributed by atoms with Gasteiger partial charge in [-0.15, -0.1) is 0 Å². The predicted octanol–water partition coefficient (Wildman–Crippen LogP) is 2.06. The molecule has 0 radical (unpaired) electrons. The number of alkyl carbamates (subject to hydrolysis) is 1. The molecule has 0 saturated carbocycles. The highest BCUT2D eigenvalue weighted by molar-refractivity contribution is 5.85. The van der Waals surface area contributed by atoms with Gasteiger partial charge in [0.1, 0.15) is 12.4 Å². The normalized spacial score (nSPS) is 14.0. The summed E-state index contributed by atoms with van der Waals surface area (Å²) in [5, 5.41) is 19.8. The molecule has 2 aromatic rings. The molecule has 0 saturated heterocycles. The highest BCUT2D eigenvalue weighted by atomic mass is 19.4. The molecule has 0 aliphatic heterocycles. The fraction of sp³-hybridized carbons (Fsp3) is 0.318. The molecule has 35 heavy (non-hydrogen) atoms. The number of aliphatic hydroxyl groups excluding tert-OH is 1. The Kier molecular flexibility index (Phi) is 9.54. The maximum absolute atomic E-state index is 13.2. The second kappa shape index (κ2) is 12.1. The molecule has 0 spiro atoms. The number of aliphatic carboxylic acids is 1. The fourth-order valence-corrected chi connectivity index (χ4v) is 2.88. The smallest absolute Gasteiger partial charge is 0.416 e. The number of halogens is 4. The number of rotatable bonds is 11. The highest BCUT2D eigenvalue weighted by Gasteiger charge is 2.38. The largest absolute Gasteiger partial charge is 0.480 e. The minimum Gasteiger partial charge on any atom is -0.480 e. The molecule has 190 valence electrons. The Morgan fingerprint density at radius 1 is 0.971 bits per heavy atom. The van der Waals surface area contributed by atoms with Crippen molar-refractivity contribution in [1.82, 2.24) is 5.32 Å². The first-order valence-electron chi connectivity index (χ1n) is 10.0. The van der Waals surface area contributed by atoms with E-state index >= 15 is 0 Å². The van der Waals surface area contributed by atoms with Crippen molar-refractivity contribution < 1.29 is 51.6 Å². The van der Waals surface area contributed by atoms with Gasteiger partial charge in [0, 0.05) is 0 Å². The summed E-state index contributed by atoms with van der Waals surface area (Å²) in [6.45, 7) is -2.35. The van der Waals surface area contributed by atoms with Gasteiger partial charge in [-0.2, -0.15) is 13.2 Å². The number of aliphatic hydroxyl groups is 1. The van der Waals surface area contributed by atoms with Gasteiger partial charge in [-0.05, 0) is 28.8 Å². The Morgan fingerprint density at radius 3 is 2.00 bits per heavy atom. The van der Waals surface area contributed by atoms with E-state index in [4.69, 9.17) is 20.7 Å². The third-order valence-corrected chi connectivity index (χ3v) is 4.70. The van der Waals surface area contributed by atoms with Crippen LogP contribution in [0.25, 0.3) is 0 Å². The summed E-state index contributed by atoms with van der Waals surface area (Å²) < 4.78 is 59.3. The monoisotopic (exact) mass is 502 g/mol. The van der Waals surface area contributed by atoms with Crippen molar-refractivity contribution in [3.05, 3.63) is 71.0 Å². The highest BCUT2D eigenvalue weighted by Crippen LogP contribution is 2.25. The molecule has 2 aromatic carbocycles. The minimum absolute atomic E-state index is 0.302. The number of alkyl halides is 3. The summed E-state index contributed by atoms with van der Waals surface area (Å²) in [5.41, 5.74) is 6.92. The topological polar surface area (TPSA) is 148 Å². The maximum atomic E-state index is 13.2. The molecule has 0 heterocycles. The van der Waals surface area contributed by atoms with Crippen molar-refractivity contribution in [3.8, 4) is 0 Å². The van der Waals surface area contributed by atoms with Crippen molar-refractivity contribution in [3.63, 3.8) is 0 Å². The average molecular weight is 502 g/mol. The number of hydrogen-bond acceptors (Lipinski definition) is 6. The van der Waals surface area contributed by atoms with Crippen molar-refractivity contribution in [2.45, 2.75) is 30.8 Å². The molecular formula is C22H22F4N2O7. The Balaban J connectivity index is 1.91. The first-order valence-corrected chi connectivity index (χ1v) is 10.0. The van der Waals surface area contributed by atoms with E-state index in [-0.39, 0.29) is 6.61 Å². The van der Waals surface area contributed by atoms with Gasteiger partial charge >= 0.3 is 18.2 Å². The number of amides is 2. The fourth-order valence-electron chi connectivity index (χ4n) is 2.88. The van der Waals surface area contributed by atoms with Crippen LogP contribution >= 0.6 is 0 Å². The molecule has 5 N–H and O–H groups in total. The maximum Gasteiger partial charge on any atom is 0.416 e. The molecule has 3 atom stereocenters. The number of carboxylic acids is 1. The van der Waals surface area contributed by atoms with Crippen LogP contribution in [0, 0.1) is 5.82 Å². The van der Waals surface area contributed by atoms with E-state index in [1.54, 1.807) is 12.1 Å². The SMILES string of the molecule is NC(=O)C(c1ccc(F)cc1)c1ccc(COC(=O)N[C@@H](COCC(O)C(F)(F)F)C(=O)O)cc1. The molecule has 13 heteroatoms. The summed E-state index contributed by atoms with van der Waals surface area (Å²) >= 11 is 0. The zero-order chi connectivity index (χ0) is 26.2. The van der Waals surface area contributed by atoms with E-state index in [0.717, 1.165) is 0 Å². The summed E-state index contributed by atoms with van der Waals surface area (Å²) in [5.74, 6) is -3.57. The molecule has 0 aromatic heterocycles. The lowest BCUT2D eigenvalue weighted by Crippen LogP contribution is -2.45. The molecule has 2 amide bonds. The summed E-state index contributed by atoms with van der Waals surface area (Å²) in [6, 6.07) is 9.68. The number of nitrogens with one attached hydrogen (secondary N) is 1. The third kappa shape index (κ3) is 8.54. The third-order valence-electron chi connectivity index (χ3n) is 4.70. The van der Waals surface area contributed by atoms with Crippen molar-refractivity contribution in [2.75, 3.05) is 13.2 Å².